The third kappa shape index (κ3) is 15.9. The van der Waals surface area contributed by atoms with Crippen molar-refractivity contribution in [1.82, 2.24) is 0 Å². The van der Waals surface area contributed by atoms with Crippen LogP contribution >= 0.6 is 0 Å². The molecule has 35 atom stereocenters. The number of rotatable bonds is 27. The number of carboxylic acid groups (broad SMARTS) is 1. The Hall–Kier alpha value is -1.97. The van der Waals surface area contributed by atoms with E-state index in [0.29, 0.717) is 0 Å². The molecule has 0 spiro atoms. The molecular formula is C47H83NO37. The van der Waals surface area contributed by atoms with Crippen LogP contribution in [0.5, 0.6) is 0 Å². The lowest BCUT2D eigenvalue weighted by atomic mass is 9.88. The summed E-state index contributed by atoms with van der Waals surface area (Å²) in [5.74, 6) is -6.70. The van der Waals surface area contributed by atoms with E-state index in [1.807, 2.05) is 0 Å². The Bertz CT molecular complexity index is 2010. The van der Waals surface area contributed by atoms with Crippen molar-refractivity contribution < 1.29 is 184 Å². The first-order valence-electron chi connectivity index (χ1n) is 27.1. The molecule has 0 aromatic rings. The van der Waals surface area contributed by atoms with E-state index in [4.69, 9.17) is 67.3 Å². The molecule has 38 heteroatoms. The quantitative estimate of drug-likeness (QED) is 0.0340. The summed E-state index contributed by atoms with van der Waals surface area (Å²) in [5, 5.41) is 245. The molecule has 25 N–H and O–H groups in total. The molecule has 0 aromatic carbocycles. The van der Waals surface area contributed by atoms with Crippen molar-refractivity contribution in [3.63, 3.8) is 0 Å². The fourth-order valence-electron chi connectivity index (χ4n) is 10.4. The van der Waals surface area contributed by atoms with E-state index in [9.17, 15) is 122 Å². The van der Waals surface area contributed by atoms with Gasteiger partial charge in [-0.15, -0.1) is 0 Å². The SMILES string of the molecule is C[C@H](O)[C@@H](OC(CO)[C@H](O)CO)O[C@@H]1C(CO)O[C@@H](OCC2O[C@@H](OC3[C@@H](O)C(CO)O[C@@H](O[C@@H]4C(CO)O[C@@H](O)[C@@H](O)C4O)[C@H]3O)[C@@H](C)C(O)[C@@H]2O[C@@H]2O[C@@H](CO)[C@H](O)C(O[C@]3(C(=O)O)C[C@@H](O)[C@@H](N)C([C@H](O)[C@H](O)CO)O3)C2O)[C@@H](O)C1O. The predicted molar refractivity (Wildman–Crippen MR) is 261 cm³/mol. The molecule has 0 aromatic heterocycles. The number of aliphatic carboxylic acids is 1. The molecule has 6 heterocycles. The van der Waals surface area contributed by atoms with Gasteiger partial charge in [0.05, 0.1) is 71.1 Å². The molecule has 85 heavy (non-hydrogen) atoms. The number of carbonyl (C=O) groups is 1. The zero-order valence-electron chi connectivity index (χ0n) is 45.6. The number of ether oxygens (including phenoxy) is 13. The van der Waals surface area contributed by atoms with Gasteiger partial charge in [0, 0.05) is 12.3 Å². The van der Waals surface area contributed by atoms with Gasteiger partial charge in [0.2, 0.25) is 0 Å². The Morgan fingerprint density at radius 1 is 0.553 bits per heavy atom. The lowest BCUT2D eigenvalue weighted by molar-refractivity contribution is -0.396. The van der Waals surface area contributed by atoms with Crippen LogP contribution in [-0.2, 0) is 66.4 Å². The van der Waals surface area contributed by atoms with Crippen LogP contribution < -0.4 is 5.73 Å². The molecule has 6 aliphatic heterocycles. The number of nitrogens with two attached hydrogens (primary N) is 1. The van der Waals surface area contributed by atoms with Crippen LogP contribution in [0.25, 0.3) is 0 Å². The molecular weight excluding hydrogens is 1170 g/mol. The van der Waals surface area contributed by atoms with Crippen LogP contribution in [-0.4, -0.2) is 385 Å². The van der Waals surface area contributed by atoms with Crippen LogP contribution in [0.4, 0.5) is 0 Å². The summed E-state index contributed by atoms with van der Waals surface area (Å²) in [6, 6.07) is -1.64. The first-order chi connectivity index (χ1) is 40.1. The van der Waals surface area contributed by atoms with Gasteiger partial charge in [0.1, 0.15) is 146 Å². The van der Waals surface area contributed by atoms with E-state index in [0.717, 1.165) is 6.92 Å². The molecule has 498 valence electrons. The standard InChI is InChI=1S/C47H83NO37/c1-12-24(60)36(82-45-33(69)39(27(63)19(8-53)77-45)85-47(46(71)72)3-14(57)23(48)37(84-47)25(61)16(59)5-50)22(11-73-43-31(67)29(65)35(21(10-55)78-43)80-42(13(2)56)75-17(6-51)15(58)4-49)79-41(12)83-38-26(62)18(7-52)76-44(32(38)68)81-34-20(9-54)74-40(70)30(66)28(34)64/h12-45,49-70H,3-11,48H2,1-2H3,(H,71,72)/t12-,13-,14+,15+,16+,17?,18?,19-,20?,21?,22?,23+,24?,25+,26-,27-,28?,29?,30-,31-,32-,33?,34+,35+,36+,37?,38?,39?,40+,41-,42-,43+,44-,45-,47-/m0/s1. The average molecular weight is 1250 g/mol. The van der Waals surface area contributed by atoms with Gasteiger partial charge in [-0.1, -0.05) is 6.92 Å². The number of hydrogen-bond acceptors (Lipinski definition) is 37. The van der Waals surface area contributed by atoms with Crippen molar-refractivity contribution in [3.8, 4) is 0 Å². The zero-order valence-corrected chi connectivity index (χ0v) is 45.6. The Labute approximate surface area is 482 Å². The summed E-state index contributed by atoms with van der Waals surface area (Å²) < 4.78 is 74.4. The molecule has 0 aliphatic carbocycles. The van der Waals surface area contributed by atoms with Crippen LogP contribution in [0.1, 0.15) is 20.3 Å². The Morgan fingerprint density at radius 3 is 1.58 bits per heavy atom. The van der Waals surface area contributed by atoms with Gasteiger partial charge in [0.25, 0.3) is 5.79 Å². The van der Waals surface area contributed by atoms with E-state index >= 15 is 0 Å². The summed E-state index contributed by atoms with van der Waals surface area (Å²) >= 11 is 0. The second-order valence-electron chi connectivity index (χ2n) is 21.5. The van der Waals surface area contributed by atoms with Crippen molar-refractivity contribution in [2.75, 3.05) is 52.9 Å². The average Bonchev–Trinajstić information content (AvgIpc) is 3.24. The molecule has 6 aliphatic rings. The summed E-state index contributed by atoms with van der Waals surface area (Å²) in [7, 11) is 0. The maximum Gasteiger partial charge on any atom is 0.364 e. The number of hydrogen-bond donors (Lipinski definition) is 24. The highest BCUT2D eigenvalue weighted by atomic mass is 16.8. The second kappa shape index (κ2) is 31.4. The van der Waals surface area contributed by atoms with Crippen molar-refractivity contribution >= 4 is 5.97 Å². The highest BCUT2D eigenvalue weighted by Crippen LogP contribution is 2.40. The molecule has 0 saturated carbocycles. The lowest BCUT2D eigenvalue weighted by Gasteiger charge is -2.51. The van der Waals surface area contributed by atoms with Gasteiger partial charge >= 0.3 is 5.97 Å². The fourth-order valence-corrected chi connectivity index (χ4v) is 10.4. The number of aliphatic hydroxyl groups is 22. The maximum atomic E-state index is 13.0. The topological polar surface area (TPSA) is 628 Å². The first-order valence-corrected chi connectivity index (χ1v) is 27.1. The summed E-state index contributed by atoms with van der Waals surface area (Å²) in [6.07, 6.45) is -64.1. The minimum atomic E-state index is -3.17. The van der Waals surface area contributed by atoms with E-state index in [1.54, 1.807) is 0 Å². The third-order valence-electron chi connectivity index (χ3n) is 15.6. The zero-order chi connectivity index (χ0) is 63.3. The van der Waals surface area contributed by atoms with E-state index in [1.165, 1.54) is 6.92 Å². The van der Waals surface area contributed by atoms with Gasteiger partial charge in [-0.3, -0.25) is 0 Å². The summed E-state index contributed by atoms with van der Waals surface area (Å²) in [6.45, 7) is -5.72. The van der Waals surface area contributed by atoms with Gasteiger partial charge < -0.3 is 185 Å². The van der Waals surface area contributed by atoms with Gasteiger partial charge in [-0.25, -0.2) is 4.79 Å². The number of aliphatic hydroxyl groups excluding tert-OH is 22. The summed E-state index contributed by atoms with van der Waals surface area (Å²) in [5.41, 5.74) is 5.98. The molecule has 6 rings (SSSR count). The minimum Gasteiger partial charge on any atom is -0.477 e. The smallest absolute Gasteiger partial charge is 0.364 e. The third-order valence-corrected chi connectivity index (χ3v) is 15.6. The van der Waals surface area contributed by atoms with Crippen LogP contribution in [0.3, 0.4) is 0 Å². The predicted octanol–water partition coefficient (Wildman–Crippen LogP) is -15.2. The Balaban J connectivity index is 1.31. The largest absolute Gasteiger partial charge is 0.477 e. The van der Waals surface area contributed by atoms with Crippen LogP contribution in [0.2, 0.25) is 0 Å². The Morgan fingerprint density at radius 2 is 1.05 bits per heavy atom. The van der Waals surface area contributed by atoms with Crippen LogP contribution in [0, 0.1) is 5.92 Å². The molecule has 0 bridgehead atoms. The monoisotopic (exact) mass is 1250 g/mol. The van der Waals surface area contributed by atoms with Crippen molar-refractivity contribution in [2.24, 2.45) is 11.7 Å². The van der Waals surface area contributed by atoms with E-state index in [-0.39, 0.29) is 0 Å². The van der Waals surface area contributed by atoms with E-state index in [2.05, 4.69) is 0 Å². The van der Waals surface area contributed by atoms with Gasteiger partial charge in [-0.05, 0) is 6.92 Å². The van der Waals surface area contributed by atoms with E-state index < -0.39 is 279 Å². The molecule has 0 radical (unpaired) electrons. The second-order valence-corrected chi connectivity index (χ2v) is 21.5. The minimum absolute atomic E-state index is 0.913. The molecule has 12 unspecified atom stereocenters. The fraction of sp³-hybridized carbons (Fsp3) is 0.979. The molecule has 38 nitrogen and oxygen atoms in total. The molecule has 0 amide bonds. The number of carboxylic acids is 1. The Kier molecular flexibility index (Phi) is 26.6. The van der Waals surface area contributed by atoms with Crippen molar-refractivity contribution in [1.29, 1.82) is 0 Å². The van der Waals surface area contributed by atoms with Gasteiger partial charge in [0.15, 0.2) is 37.7 Å². The molecule has 6 saturated heterocycles. The van der Waals surface area contributed by atoms with Crippen LogP contribution in [0.15, 0.2) is 0 Å². The van der Waals surface area contributed by atoms with Gasteiger partial charge in [-0.2, -0.15) is 0 Å². The highest BCUT2D eigenvalue weighted by molar-refractivity contribution is 5.76. The maximum absolute atomic E-state index is 13.0. The lowest BCUT2D eigenvalue weighted by Crippen LogP contribution is -2.70. The van der Waals surface area contributed by atoms with Crippen molar-refractivity contribution in [3.05, 3.63) is 0 Å². The first kappa shape index (κ1) is 72.1. The summed E-state index contributed by atoms with van der Waals surface area (Å²) in [4.78, 5) is 13.0. The highest BCUT2D eigenvalue weighted by Gasteiger charge is 2.61. The van der Waals surface area contributed by atoms with Crippen molar-refractivity contribution in [2.45, 2.75) is 229 Å². The molecule has 6 fully saturated rings. The normalized spacial score (nSPS) is 46.9.